The van der Waals surface area contributed by atoms with Gasteiger partial charge in [-0.05, 0) is 25.5 Å². The van der Waals surface area contributed by atoms with E-state index in [-0.39, 0.29) is 18.7 Å². The molecule has 3 rings (SSSR count). The number of carbonyl (C=O) groups excluding carboxylic acids is 1. The maximum absolute atomic E-state index is 12.9. The maximum Gasteiger partial charge on any atom is 0.340 e. The first-order valence-electron chi connectivity index (χ1n) is 9.67. The Bertz CT molecular complexity index is 904. The number of aromatic nitrogens is 1. The average Bonchev–Trinajstić information content (AvgIpc) is 2.66. The highest BCUT2D eigenvalue weighted by Gasteiger charge is 2.45. The van der Waals surface area contributed by atoms with E-state index in [1.807, 2.05) is 44.2 Å². The normalized spacial score (nSPS) is 21.3. The summed E-state index contributed by atoms with van der Waals surface area (Å²) in [5.74, 6) is -0.480. The van der Waals surface area contributed by atoms with Gasteiger partial charge < -0.3 is 19.7 Å². The van der Waals surface area contributed by atoms with Gasteiger partial charge in [-0.25, -0.2) is 4.79 Å². The van der Waals surface area contributed by atoms with Crippen LogP contribution in [0.3, 0.4) is 0 Å². The van der Waals surface area contributed by atoms with E-state index in [0.717, 1.165) is 5.56 Å². The molecule has 1 atom stereocenters. The number of benzene rings is 1. The van der Waals surface area contributed by atoms with Gasteiger partial charge in [-0.2, -0.15) is 0 Å². The lowest BCUT2D eigenvalue weighted by Crippen LogP contribution is -2.58. The Morgan fingerprint density at radius 1 is 1.29 bits per heavy atom. The first-order valence-corrected chi connectivity index (χ1v) is 9.67. The Kier molecular flexibility index (Phi) is 5.72. The van der Waals surface area contributed by atoms with Gasteiger partial charge in [-0.3, -0.25) is 4.79 Å². The highest BCUT2D eigenvalue weighted by molar-refractivity contribution is 5.96. The minimum atomic E-state index is -1.05. The predicted octanol–water partition coefficient (Wildman–Crippen LogP) is 2.44. The van der Waals surface area contributed by atoms with Crippen LogP contribution >= 0.6 is 0 Å². The number of nitrogens with one attached hydrogen (secondary N) is 1. The molecule has 1 fully saturated rings. The molecule has 1 aromatic carbocycles. The third-order valence-corrected chi connectivity index (χ3v) is 5.68. The molecule has 150 valence electrons. The Morgan fingerprint density at radius 2 is 2.00 bits per heavy atom. The van der Waals surface area contributed by atoms with E-state index in [9.17, 15) is 14.7 Å². The molecule has 0 unspecified atom stereocenters. The van der Waals surface area contributed by atoms with Crippen LogP contribution in [0.4, 0.5) is 0 Å². The number of carbonyl (C=O) groups is 1. The van der Waals surface area contributed by atoms with E-state index in [2.05, 4.69) is 5.32 Å². The van der Waals surface area contributed by atoms with Crippen molar-refractivity contribution in [3.05, 3.63) is 58.5 Å². The number of piperidine rings is 1. The molecule has 6 heteroatoms. The summed E-state index contributed by atoms with van der Waals surface area (Å²) in [7, 11) is 0. The van der Waals surface area contributed by atoms with E-state index in [1.54, 1.807) is 6.92 Å². The maximum atomic E-state index is 12.9. The van der Waals surface area contributed by atoms with E-state index in [4.69, 9.17) is 4.74 Å². The zero-order chi connectivity index (χ0) is 20.4. The van der Waals surface area contributed by atoms with Crippen LogP contribution in [0.1, 0.15) is 37.6 Å². The summed E-state index contributed by atoms with van der Waals surface area (Å²) in [6.45, 7) is 7.42. The van der Waals surface area contributed by atoms with E-state index >= 15 is 0 Å². The van der Waals surface area contributed by atoms with Crippen LogP contribution in [0.15, 0.2) is 47.4 Å². The van der Waals surface area contributed by atoms with Gasteiger partial charge in [0.1, 0.15) is 0 Å². The van der Waals surface area contributed by atoms with E-state index in [1.165, 1.54) is 16.8 Å². The van der Waals surface area contributed by atoms with Crippen molar-refractivity contribution in [2.75, 3.05) is 19.7 Å². The monoisotopic (exact) mass is 384 g/mol. The number of aliphatic hydroxyl groups is 1. The summed E-state index contributed by atoms with van der Waals surface area (Å²) in [5, 5.41) is 14.6. The highest BCUT2D eigenvalue weighted by Crippen LogP contribution is 2.37. The fourth-order valence-electron chi connectivity index (χ4n) is 3.70. The smallest absolute Gasteiger partial charge is 0.340 e. The molecule has 6 nitrogen and oxygen atoms in total. The third-order valence-electron chi connectivity index (χ3n) is 5.68. The molecule has 0 spiro atoms. The molecular weight excluding hydrogens is 356 g/mol. The first kappa shape index (κ1) is 20.3. The summed E-state index contributed by atoms with van der Waals surface area (Å²) in [4.78, 5) is 25.4. The molecule has 1 aromatic heterocycles. The van der Waals surface area contributed by atoms with Gasteiger partial charge in [-0.1, -0.05) is 44.2 Å². The van der Waals surface area contributed by atoms with Crippen molar-refractivity contribution < 1.29 is 14.6 Å². The van der Waals surface area contributed by atoms with Crippen LogP contribution in [0.5, 0.6) is 0 Å². The Morgan fingerprint density at radius 3 is 2.64 bits per heavy atom. The minimum absolute atomic E-state index is 0.127. The SMILES string of the molecule is CCOC(=O)c1cn(C[C@]2(O)CCNCC2(C)C)c(=O)cc1-c1ccccc1. The van der Waals surface area contributed by atoms with Gasteiger partial charge in [0, 0.05) is 29.8 Å². The topological polar surface area (TPSA) is 80.6 Å². The van der Waals surface area contributed by atoms with Gasteiger partial charge >= 0.3 is 5.97 Å². The molecule has 0 amide bonds. The van der Waals surface area contributed by atoms with Crippen molar-refractivity contribution in [3.63, 3.8) is 0 Å². The van der Waals surface area contributed by atoms with Crippen molar-refractivity contribution in [2.45, 2.75) is 39.3 Å². The third kappa shape index (κ3) is 3.88. The van der Waals surface area contributed by atoms with Crippen LogP contribution in [0.2, 0.25) is 0 Å². The molecule has 0 saturated carbocycles. The fraction of sp³-hybridized carbons (Fsp3) is 0.455. The van der Waals surface area contributed by atoms with Gasteiger partial charge in [0.2, 0.25) is 0 Å². The second-order valence-corrected chi connectivity index (χ2v) is 8.00. The second kappa shape index (κ2) is 7.89. The van der Waals surface area contributed by atoms with Gasteiger partial charge in [0.05, 0.1) is 24.3 Å². The van der Waals surface area contributed by atoms with E-state index < -0.39 is 17.0 Å². The van der Waals surface area contributed by atoms with E-state index in [0.29, 0.717) is 30.6 Å². The molecule has 28 heavy (non-hydrogen) atoms. The van der Waals surface area contributed by atoms with Crippen molar-refractivity contribution in [2.24, 2.45) is 5.41 Å². The molecule has 0 radical (unpaired) electrons. The number of pyridine rings is 1. The molecule has 1 aliphatic rings. The largest absolute Gasteiger partial charge is 0.462 e. The summed E-state index contributed by atoms with van der Waals surface area (Å²) >= 11 is 0. The van der Waals surface area contributed by atoms with Crippen molar-refractivity contribution in [3.8, 4) is 11.1 Å². The number of hydrogen-bond donors (Lipinski definition) is 2. The lowest BCUT2D eigenvalue weighted by molar-refractivity contribution is -0.0998. The Hall–Kier alpha value is -2.44. The summed E-state index contributed by atoms with van der Waals surface area (Å²) in [5.41, 5.74) is -0.0833. The van der Waals surface area contributed by atoms with Crippen LogP contribution in [-0.4, -0.2) is 40.9 Å². The number of rotatable bonds is 5. The van der Waals surface area contributed by atoms with Crippen LogP contribution in [0, 0.1) is 5.41 Å². The zero-order valence-corrected chi connectivity index (χ0v) is 16.7. The fourth-order valence-corrected chi connectivity index (χ4v) is 3.70. The summed E-state index contributed by atoms with van der Waals surface area (Å²) < 4.78 is 6.65. The molecule has 2 N–H and O–H groups in total. The van der Waals surface area contributed by atoms with Gasteiger partial charge in [-0.15, -0.1) is 0 Å². The molecule has 2 heterocycles. The van der Waals surface area contributed by atoms with Crippen LogP contribution < -0.4 is 10.9 Å². The lowest BCUT2D eigenvalue weighted by atomic mass is 9.70. The number of nitrogens with zero attached hydrogens (tertiary/aromatic N) is 1. The van der Waals surface area contributed by atoms with Gasteiger partial charge in [0.25, 0.3) is 5.56 Å². The van der Waals surface area contributed by atoms with Crippen molar-refractivity contribution in [1.82, 2.24) is 9.88 Å². The number of ether oxygens (including phenoxy) is 1. The summed E-state index contributed by atoms with van der Waals surface area (Å²) in [6.07, 6.45) is 2.06. The highest BCUT2D eigenvalue weighted by atomic mass is 16.5. The minimum Gasteiger partial charge on any atom is -0.462 e. The molecule has 1 aliphatic heterocycles. The van der Waals surface area contributed by atoms with Gasteiger partial charge in [0.15, 0.2) is 0 Å². The molecule has 2 aromatic rings. The zero-order valence-electron chi connectivity index (χ0n) is 16.7. The number of esters is 1. The Labute approximate surface area is 165 Å². The number of hydrogen-bond acceptors (Lipinski definition) is 5. The van der Waals surface area contributed by atoms with Crippen LogP contribution in [-0.2, 0) is 11.3 Å². The summed E-state index contributed by atoms with van der Waals surface area (Å²) in [6, 6.07) is 10.8. The van der Waals surface area contributed by atoms with Crippen molar-refractivity contribution >= 4 is 5.97 Å². The molecule has 0 bridgehead atoms. The average molecular weight is 384 g/mol. The standard InChI is InChI=1S/C22H28N2O4/c1-4-28-20(26)18-13-24(15-22(27)10-11-23-14-21(22,2)3)19(25)12-17(18)16-8-6-5-7-9-16/h5-9,12-13,23,27H,4,10-11,14-15H2,1-3H3/t22-/m1/s1. The predicted molar refractivity (Wildman–Crippen MR) is 108 cm³/mol. The second-order valence-electron chi connectivity index (χ2n) is 8.00. The van der Waals surface area contributed by atoms with Crippen molar-refractivity contribution in [1.29, 1.82) is 0 Å². The molecule has 0 aliphatic carbocycles. The molecule has 1 saturated heterocycles. The quantitative estimate of drug-likeness (QED) is 0.774. The Balaban J connectivity index is 2.07. The first-order chi connectivity index (χ1) is 13.3. The van der Waals surface area contributed by atoms with Crippen LogP contribution in [0.25, 0.3) is 11.1 Å². The molecular formula is C22H28N2O4. The lowest BCUT2D eigenvalue weighted by Gasteiger charge is -2.47.